The van der Waals surface area contributed by atoms with Crippen molar-refractivity contribution in [3.63, 3.8) is 0 Å². The molecule has 0 aliphatic heterocycles. The van der Waals surface area contributed by atoms with E-state index in [0.717, 1.165) is 0 Å². The summed E-state index contributed by atoms with van der Waals surface area (Å²) >= 11 is 0. The molecule has 0 bridgehead atoms. The topological polar surface area (TPSA) is 77.4 Å². The van der Waals surface area contributed by atoms with E-state index in [1.807, 2.05) is 0 Å². The van der Waals surface area contributed by atoms with Gasteiger partial charge >= 0.3 is 0 Å². The van der Waals surface area contributed by atoms with Crippen molar-refractivity contribution in [2.45, 2.75) is 97.8 Å². The molecule has 0 aromatic heterocycles. The van der Waals surface area contributed by atoms with E-state index < -0.39 is 17.7 Å². The highest BCUT2D eigenvalue weighted by Gasteiger charge is 2.29. The molecule has 0 radical (unpaired) electrons. The fraction of sp³-hybridized carbons (Fsp3) is 1.00. The predicted molar refractivity (Wildman–Crippen MR) is 112 cm³/mol. The minimum Gasteiger partial charge on any atom is -0.726 e. The van der Waals surface area contributed by atoms with Crippen LogP contribution in [0, 0.1) is 0 Å². The number of hydrogen-bond donors (Lipinski definition) is 1. The number of rotatable bonds is 15. The molecule has 0 unspecified atom stereocenters. The van der Waals surface area contributed by atoms with Crippen LogP contribution in [-0.2, 0) is 10.4 Å². The Morgan fingerprint density at radius 1 is 0.680 bits per heavy atom. The minimum absolute atomic E-state index is 0.590. The van der Waals surface area contributed by atoms with Crippen LogP contribution in [0.3, 0.4) is 0 Å². The second-order valence-electron chi connectivity index (χ2n) is 7.40. The van der Waals surface area contributed by atoms with Gasteiger partial charge in [0.15, 0.2) is 0 Å². The van der Waals surface area contributed by atoms with Gasteiger partial charge in [-0.3, -0.25) is 4.55 Å². The van der Waals surface area contributed by atoms with E-state index in [1.54, 1.807) is 18.5 Å². The molecule has 0 aromatic carbocycles. The standard InChI is InChI=1S/C19H42P.H2O4S/c1-5-8-11-14-17-20(4,18-15-12-9-6-2)19-16-13-10-7-3;1-5(2,3)4/h5-19H2,1-4H3;(H2,1,2,3,4)/q+1;/p-1. The Labute approximate surface area is 158 Å². The third-order valence-corrected chi connectivity index (χ3v) is 8.84. The van der Waals surface area contributed by atoms with Crippen LogP contribution in [0.15, 0.2) is 0 Å². The summed E-state index contributed by atoms with van der Waals surface area (Å²) in [7, 11) is -5.51. The van der Waals surface area contributed by atoms with E-state index in [0.29, 0.717) is 0 Å². The Bertz CT molecular complexity index is 332. The van der Waals surface area contributed by atoms with E-state index in [4.69, 9.17) is 17.5 Å². The monoisotopic (exact) mass is 398 g/mol. The SMILES string of the molecule is CCCCCC[P+](C)(CCCCCC)CCCCCC.O=S(=O)([O-])O. The summed E-state index contributed by atoms with van der Waals surface area (Å²) in [5, 5.41) is 0. The Morgan fingerprint density at radius 3 is 1.12 bits per heavy atom. The van der Waals surface area contributed by atoms with Crippen LogP contribution in [0.25, 0.3) is 0 Å². The first-order valence-electron chi connectivity index (χ1n) is 10.2. The molecule has 6 heteroatoms. The first kappa shape index (κ1) is 27.5. The third kappa shape index (κ3) is 26.6. The Hall–Kier alpha value is 0.300. The lowest BCUT2D eigenvalue weighted by atomic mass is 10.2. The lowest BCUT2D eigenvalue weighted by molar-refractivity contribution is 0.366. The summed E-state index contributed by atoms with van der Waals surface area (Å²) in [5.74, 6) is 0. The third-order valence-electron chi connectivity index (χ3n) is 4.65. The van der Waals surface area contributed by atoms with Crippen LogP contribution in [0.2, 0.25) is 0 Å². The van der Waals surface area contributed by atoms with Crippen molar-refractivity contribution in [2.75, 3.05) is 25.2 Å². The fourth-order valence-corrected chi connectivity index (χ4v) is 6.73. The maximum absolute atomic E-state index is 8.63. The normalized spacial score (nSPS) is 11.9. The van der Waals surface area contributed by atoms with Gasteiger partial charge in [-0.05, 0) is 38.5 Å². The molecule has 1 N–H and O–H groups in total. The molecule has 0 aromatic rings. The van der Waals surface area contributed by atoms with Gasteiger partial charge in [-0.25, -0.2) is 8.42 Å². The highest BCUT2D eigenvalue weighted by molar-refractivity contribution is 7.79. The summed E-state index contributed by atoms with van der Waals surface area (Å²) in [6.07, 6.45) is 22.2. The van der Waals surface area contributed by atoms with E-state index in [9.17, 15) is 0 Å². The molecule has 154 valence electrons. The highest BCUT2D eigenvalue weighted by Crippen LogP contribution is 2.57. The van der Waals surface area contributed by atoms with Crippen LogP contribution in [0.1, 0.15) is 97.8 Å². The molecule has 0 atom stereocenters. The predicted octanol–water partition coefficient (Wildman–Crippen LogP) is 6.38. The molecule has 4 nitrogen and oxygen atoms in total. The van der Waals surface area contributed by atoms with Crippen molar-refractivity contribution >= 4 is 17.7 Å². The van der Waals surface area contributed by atoms with Gasteiger partial charge in [0.05, 0.1) is 18.5 Å². The van der Waals surface area contributed by atoms with Gasteiger partial charge in [-0.2, -0.15) is 0 Å². The van der Waals surface area contributed by atoms with Crippen molar-refractivity contribution in [3.8, 4) is 0 Å². The quantitative estimate of drug-likeness (QED) is 0.150. The van der Waals surface area contributed by atoms with Crippen molar-refractivity contribution in [1.29, 1.82) is 0 Å². The van der Waals surface area contributed by atoms with Crippen molar-refractivity contribution < 1.29 is 17.5 Å². The lowest BCUT2D eigenvalue weighted by Gasteiger charge is -2.23. The highest BCUT2D eigenvalue weighted by atomic mass is 32.3. The van der Waals surface area contributed by atoms with Gasteiger partial charge in [0, 0.05) is 13.9 Å². The molecule has 0 fully saturated rings. The maximum Gasteiger partial charge on any atom is 0.215 e. The van der Waals surface area contributed by atoms with E-state index in [1.165, 1.54) is 77.0 Å². The van der Waals surface area contributed by atoms with Crippen molar-refractivity contribution in [3.05, 3.63) is 0 Å². The molecule has 25 heavy (non-hydrogen) atoms. The molecule has 0 spiro atoms. The summed E-state index contributed by atoms with van der Waals surface area (Å²) < 4.78 is 32.8. The summed E-state index contributed by atoms with van der Waals surface area (Å²) in [5.41, 5.74) is 0. The number of hydrogen-bond acceptors (Lipinski definition) is 3. The molecular formula is C19H43O4PS. The molecule has 0 saturated carbocycles. The van der Waals surface area contributed by atoms with Gasteiger partial charge < -0.3 is 4.55 Å². The summed E-state index contributed by atoms with van der Waals surface area (Å²) in [6, 6.07) is 0. The Morgan fingerprint density at radius 2 is 0.920 bits per heavy atom. The van der Waals surface area contributed by atoms with Crippen LogP contribution >= 0.6 is 7.26 Å². The molecule has 0 saturated heterocycles. The lowest BCUT2D eigenvalue weighted by Crippen LogP contribution is -2.07. The molecule has 0 rings (SSSR count). The van der Waals surface area contributed by atoms with Crippen molar-refractivity contribution in [2.24, 2.45) is 0 Å². The van der Waals surface area contributed by atoms with Gasteiger partial charge in [-0.1, -0.05) is 59.3 Å². The van der Waals surface area contributed by atoms with Crippen LogP contribution < -0.4 is 0 Å². The van der Waals surface area contributed by atoms with Gasteiger partial charge in [-0.15, -0.1) is 0 Å². The zero-order chi connectivity index (χ0) is 19.6. The van der Waals surface area contributed by atoms with Crippen molar-refractivity contribution in [1.82, 2.24) is 0 Å². The van der Waals surface area contributed by atoms with Gasteiger partial charge in [0.25, 0.3) is 0 Å². The van der Waals surface area contributed by atoms with E-state index in [-0.39, 0.29) is 0 Å². The zero-order valence-electron chi connectivity index (χ0n) is 17.1. The molecule has 0 aliphatic rings. The van der Waals surface area contributed by atoms with Gasteiger partial charge in [0.2, 0.25) is 10.4 Å². The first-order valence-corrected chi connectivity index (χ1v) is 14.4. The fourth-order valence-electron chi connectivity index (χ4n) is 3.10. The molecule has 0 amide bonds. The second kappa shape index (κ2) is 17.7. The first-order chi connectivity index (χ1) is 11.7. The Balaban J connectivity index is 0. The zero-order valence-corrected chi connectivity index (χ0v) is 18.8. The average molecular weight is 399 g/mol. The largest absolute Gasteiger partial charge is 0.726 e. The molecule has 0 aliphatic carbocycles. The van der Waals surface area contributed by atoms with Crippen LogP contribution in [-0.4, -0.2) is 42.7 Å². The van der Waals surface area contributed by atoms with E-state index in [2.05, 4.69) is 27.4 Å². The average Bonchev–Trinajstić information content (AvgIpc) is 2.51. The second-order valence-corrected chi connectivity index (χ2v) is 12.8. The van der Waals surface area contributed by atoms with Crippen LogP contribution in [0.4, 0.5) is 0 Å². The van der Waals surface area contributed by atoms with Gasteiger partial charge in [0.1, 0.15) is 0 Å². The summed E-state index contributed by atoms with van der Waals surface area (Å²) in [4.78, 5) is 0. The van der Waals surface area contributed by atoms with E-state index >= 15 is 0 Å². The Kier molecular flexibility index (Phi) is 19.5. The minimum atomic E-state index is -4.92. The maximum atomic E-state index is 8.63. The smallest absolute Gasteiger partial charge is 0.215 e. The summed E-state index contributed by atoms with van der Waals surface area (Å²) in [6.45, 7) is 9.66. The molecular weight excluding hydrogens is 355 g/mol. The number of unbranched alkanes of at least 4 members (excludes halogenated alkanes) is 9. The van der Waals surface area contributed by atoms with Crippen LogP contribution in [0.5, 0.6) is 0 Å². The molecule has 0 heterocycles.